The Bertz CT molecular complexity index is 786. The highest BCUT2D eigenvalue weighted by Crippen LogP contribution is 2.26. The van der Waals surface area contributed by atoms with E-state index >= 15 is 0 Å². The molecule has 0 saturated carbocycles. The lowest BCUT2D eigenvalue weighted by Crippen LogP contribution is -2.31. The van der Waals surface area contributed by atoms with E-state index < -0.39 is 12.0 Å². The minimum atomic E-state index is -0.971. The third kappa shape index (κ3) is 3.04. The van der Waals surface area contributed by atoms with Crippen LogP contribution in [0.2, 0.25) is 0 Å². The number of hydrogen-bond donors (Lipinski definition) is 2. The molecule has 6 nitrogen and oxygen atoms in total. The smallest absolute Gasteiger partial charge is 0.326 e. The number of carboxylic acid groups (broad SMARTS) is 1. The monoisotopic (exact) mass is 327 g/mol. The van der Waals surface area contributed by atoms with Crippen LogP contribution in [0.1, 0.15) is 49.5 Å². The summed E-state index contributed by atoms with van der Waals surface area (Å²) in [5, 5.41) is 12.5. The summed E-state index contributed by atoms with van der Waals surface area (Å²) in [4.78, 5) is 28.3. The predicted molar refractivity (Wildman–Crippen MR) is 91.2 cm³/mol. The second-order valence-electron chi connectivity index (χ2n) is 6.06. The molecule has 2 aromatic rings. The molecule has 0 amide bonds. The highest BCUT2D eigenvalue weighted by atomic mass is 16.4. The molecule has 0 radical (unpaired) electrons. The molecule has 24 heavy (non-hydrogen) atoms. The fourth-order valence-electron chi connectivity index (χ4n) is 3.24. The number of anilines is 1. The molecule has 3 rings (SSSR count). The Labute approximate surface area is 140 Å². The Balaban J connectivity index is 1.94. The first-order valence-electron chi connectivity index (χ1n) is 8.26. The van der Waals surface area contributed by atoms with Gasteiger partial charge < -0.3 is 10.4 Å². The molecule has 126 valence electrons. The summed E-state index contributed by atoms with van der Waals surface area (Å²) in [6.07, 6.45) is 4.43. The van der Waals surface area contributed by atoms with Crippen LogP contribution in [0, 0.1) is 0 Å². The van der Waals surface area contributed by atoms with Crippen molar-refractivity contribution in [3.05, 3.63) is 58.1 Å². The zero-order valence-corrected chi connectivity index (χ0v) is 13.6. The van der Waals surface area contributed by atoms with E-state index in [0.29, 0.717) is 18.5 Å². The van der Waals surface area contributed by atoms with E-state index in [0.717, 1.165) is 18.4 Å². The standard InChI is InChI=1S/C18H21N3O3/c1-2-6-14(12-7-4-3-5-8-12)20-16-17(22)21-13(11-19-16)9-10-15(21)18(23)24/h3-5,7-8,11,14-15H,2,6,9-10H2,1H3,(H,19,20)(H,23,24)/t14-,15+/m1/s1. The summed E-state index contributed by atoms with van der Waals surface area (Å²) in [5.74, 6) is -0.754. The zero-order chi connectivity index (χ0) is 17.1. The molecular formula is C18H21N3O3. The van der Waals surface area contributed by atoms with E-state index in [1.165, 1.54) is 4.57 Å². The van der Waals surface area contributed by atoms with Crippen molar-refractivity contribution in [1.29, 1.82) is 0 Å². The van der Waals surface area contributed by atoms with Gasteiger partial charge in [-0.3, -0.25) is 9.36 Å². The number of aromatic nitrogens is 2. The maximum absolute atomic E-state index is 12.7. The molecular weight excluding hydrogens is 306 g/mol. The molecule has 0 fully saturated rings. The minimum absolute atomic E-state index is 0.0280. The summed E-state index contributed by atoms with van der Waals surface area (Å²) in [5.41, 5.74) is 1.42. The van der Waals surface area contributed by atoms with Crippen LogP contribution in [0.4, 0.5) is 5.82 Å². The predicted octanol–water partition coefficient (Wildman–Crippen LogP) is 2.77. The van der Waals surface area contributed by atoms with E-state index in [-0.39, 0.29) is 17.4 Å². The molecule has 1 aromatic carbocycles. The maximum Gasteiger partial charge on any atom is 0.326 e. The van der Waals surface area contributed by atoms with Gasteiger partial charge in [0.25, 0.3) is 5.56 Å². The second kappa shape index (κ2) is 6.86. The molecule has 2 atom stereocenters. The molecule has 0 saturated heterocycles. The second-order valence-corrected chi connectivity index (χ2v) is 6.06. The zero-order valence-electron chi connectivity index (χ0n) is 13.6. The normalized spacial score (nSPS) is 17.3. The van der Waals surface area contributed by atoms with Crippen LogP contribution in [0.15, 0.2) is 41.3 Å². The fraction of sp³-hybridized carbons (Fsp3) is 0.389. The van der Waals surface area contributed by atoms with Crippen LogP contribution >= 0.6 is 0 Å². The lowest BCUT2D eigenvalue weighted by molar-refractivity contribution is -0.140. The van der Waals surface area contributed by atoms with Gasteiger partial charge in [-0.25, -0.2) is 9.78 Å². The molecule has 0 bridgehead atoms. The Hall–Kier alpha value is -2.63. The van der Waals surface area contributed by atoms with E-state index in [1.807, 2.05) is 30.3 Å². The quantitative estimate of drug-likeness (QED) is 0.852. The van der Waals surface area contributed by atoms with Crippen molar-refractivity contribution < 1.29 is 9.90 Å². The molecule has 0 unspecified atom stereocenters. The van der Waals surface area contributed by atoms with Crippen molar-refractivity contribution in [3.63, 3.8) is 0 Å². The number of rotatable bonds is 6. The highest BCUT2D eigenvalue weighted by Gasteiger charge is 2.30. The van der Waals surface area contributed by atoms with Gasteiger partial charge in [0.1, 0.15) is 6.04 Å². The number of carboxylic acids is 1. The van der Waals surface area contributed by atoms with Crippen molar-refractivity contribution in [1.82, 2.24) is 9.55 Å². The average Bonchev–Trinajstić information content (AvgIpc) is 3.02. The number of hydrogen-bond acceptors (Lipinski definition) is 4. The van der Waals surface area contributed by atoms with Crippen LogP contribution < -0.4 is 10.9 Å². The Morgan fingerprint density at radius 1 is 1.42 bits per heavy atom. The first kappa shape index (κ1) is 16.2. The topological polar surface area (TPSA) is 84.2 Å². The van der Waals surface area contributed by atoms with Crippen molar-refractivity contribution in [2.45, 2.75) is 44.7 Å². The lowest BCUT2D eigenvalue weighted by atomic mass is 10.0. The van der Waals surface area contributed by atoms with E-state index in [2.05, 4.69) is 17.2 Å². The van der Waals surface area contributed by atoms with E-state index in [4.69, 9.17) is 0 Å². The fourth-order valence-corrected chi connectivity index (χ4v) is 3.24. The SMILES string of the molecule is CCC[C@@H](Nc1ncc2n(c1=O)[C@H](C(=O)O)CC2)c1ccccc1. The molecule has 2 N–H and O–H groups in total. The number of benzene rings is 1. The van der Waals surface area contributed by atoms with Gasteiger partial charge in [-0.05, 0) is 24.8 Å². The van der Waals surface area contributed by atoms with Gasteiger partial charge in [-0.1, -0.05) is 43.7 Å². The number of nitrogens with one attached hydrogen (secondary N) is 1. The molecule has 6 heteroatoms. The van der Waals surface area contributed by atoms with Crippen LogP contribution in [0.25, 0.3) is 0 Å². The lowest BCUT2D eigenvalue weighted by Gasteiger charge is -2.20. The molecule has 0 spiro atoms. The van der Waals surface area contributed by atoms with Crippen molar-refractivity contribution in [2.24, 2.45) is 0 Å². The first-order valence-corrected chi connectivity index (χ1v) is 8.26. The largest absolute Gasteiger partial charge is 0.480 e. The van der Waals surface area contributed by atoms with Gasteiger partial charge >= 0.3 is 5.97 Å². The number of nitrogens with zero attached hydrogens (tertiary/aromatic N) is 2. The van der Waals surface area contributed by atoms with Crippen LogP contribution in [0.3, 0.4) is 0 Å². The Kier molecular flexibility index (Phi) is 4.64. The summed E-state index contributed by atoms with van der Waals surface area (Å²) in [6, 6.07) is 9.08. The molecule has 0 aliphatic carbocycles. The van der Waals surface area contributed by atoms with Crippen LogP contribution in [-0.2, 0) is 11.2 Å². The van der Waals surface area contributed by atoms with Gasteiger partial charge in [0.2, 0.25) is 0 Å². The third-order valence-electron chi connectivity index (χ3n) is 4.43. The van der Waals surface area contributed by atoms with Gasteiger partial charge in [-0.15, -0.1) is 0 Å². The molecule has 2 heterocycles. The third-order valence-corrected chi connectivity index (χ3v) is 4.43. The molecule has 1 aliphatic rings. The maximum atomic E-state index is 12.7. The summed E-state index contributed by atoms with van der Waals surface area (Å²) >= 11 is 0. The number of fused-ring (bicyclic) bond motifs is 1. The van der Waals surface area contributed by atoms with Gasteiger partial charge in [-0.2, -0.15) is 0 Å². The number of carbonyl (C=O) groups is 1. The van der Waals surface area contributed by atoms with E-state index in [1.54, 1.807) is 6.20 Å². The van der Waals surface area contributed by atoms with Gasteiger partial charge in [0, 0.05) is 11.9 Å². The minimum Gasteiger partial charge on any atom is -0.480 e. The van der Waals surface area contributed by atoms with Gasteiger partial charge in [0.15, 0.2) is 5.82 Å². The first-order chi connectivity index (χ1) is 11.6. The number of aryl methyl sites for hydroxylation is 1. The Morgan fingerprint density at radius 2 is 2.17 bits per heavy atom. The van der Waals surface area contributed by atoms with Gasteiger partial charge in [0.05, 0.1) is 6.04 Å². The van der Waals surface area contributed by atoms with Crippen molar-refractivity contribution >= 4 is 11.8 Å². The van der Waals surface area contributed by atoms with E-state index in [9.17, 15) is 14.7 Å². The van der Waals surface area contributed by atoms with Crippen LogP contribution in [-0.4, -0.2) is 20.6 Å². The van der Waals surface area contributed by atoms with Crippen LogP contribution in [0.5, 0.6) is 0 Å². The average molecular weight is 327 g/mol. The Morgan fingerprint density at radius 3 is 2.83 bits per heavy atom. The summed E-state index contributed by atoms with van der Waals surface area (Å²) in [6.45, 7) is 2.08. The highest BCUT2D eigenvalue weighted by molar-refractivity contribution is 5.72. The van der Waals surface area contributed by atoms with Crippen molar-refractivity contribution in [3.8, 4) is 0 Å². The number of aliphatic carboxylic acids is 1. The summed E-state index contributed by atoms with van der Waals surface area (Å²) in [7, 11) is 0. The molecule has 1 aliphatic heterocycles. The summed E-state index contributed by atoms with van der Waals surface area (Å²) < 4.78 is 1.37. The van der Waals surface area contributed by atoms with Crippen molar-refractivity contribution in [2.75, 3.05) is 5.32 Å². The molecule has 1 aromatic heterocycles.